The molecule has 0 unspecified atom stereocenters. The number of pyridine rings is 1. The van der Waals surface area contributed by atoms with Gasteiger partial charge in [0.15, 0.2) is 0 Å². The highest BCUT2D eigenvalue weighted by Gasteiger charge is 2.16. The first-order valence-electron chi connectivity index (χ1n) is 10.5. The SMILES string of the molecule is COc1cc2occ(-c3ccc(C)cc3C)c2cc1/C(C)=C/C(=O)NCc1ccncc1. The average molecular weight is 427 g/mol. The number of carbonyl (C=O) groups is 1. The van der Waals surface area contributed by atoms with Crippen molar-refractivity contribution in [3.8, 4) is 16.9 Å². The smallest absolute Gasteiger partial charge is 0.244 e. The Morgan fingerprint density at radius 3 is 2.59 bits per heavy atom. The van der Waals surface area contributed by atoms with Gasteiger partial charge < -0.3 is 14.5 Å². The summed E-state index contributed by atoms with van der Waals surface area (Å²) in [6.45, 7) is 6.54. The summed E-state index contributed by atoms with van der Waals surface area (Å²) in [5.74, 6) is 0.498. The molecule has 0 aliphatic carbocycles. The molecule has 0 aliphatic heterocycles. The molecule has 0 spiro atoms. The Balaban J connectivity index is 1.67. The molecule has 0 radical (unpaired) electrons. The highest BCUT2D eigenvalue weighted by molar-refractivity contribution is 6.00. The Labute approximate surface area is 187 Å². The van der Waals surface area contributed by atoms with Crippen molar-refractivity contribution in [1.29, 1.82) is 0 Å². The normalized spacial score (nSPS) is 11.6. The number of aromatic nitrogens is 1. The summed E-state index contributed by atoms with van der Waals surface area (Å²) in [7, 11) is 1.62. The molecule has 32 heavy (non-hydrogen) atoms. The van der Waals surface area contributed by atoms with Crippen LogP contribution >= 0.6 is 0 Å². The fraction of sp³-hybridized carbons (Fsp3) is 0.185. The second-order valence-electron chi connectivity index (χ2n) is 7.92. The molecule has 4 aromatic rings. The maximum absolute atomic E-state index is 12.5. The third-order valence-electron chi connectivity index (χ3n) is 5.56. The Hall–Kier alpha value is -3.86. The Morgan fingerprint density at radius 1 is 1.09 bits per heavy atom. The van der Waals surface area contributed by atoms with Crippen molar-refractivity contribution < 1.29 is 13.9 Å². The number of rotatable bonds is 6. The zero-order valence-electron chi connectivity index (χ0n) is 18.7. The number of nitrogens with one attached hydrogen (secondary N) is 1. The highest BCUT2D eigenvalue weighted by Crippen LogP contribution is 2.38. The van der Waals surface area contributed by atoms with Crippen molar-refractivity contribution in [1.82, 2.24) is 10.3 Å². The Morgan fingerprint density at radius 2 is 1.88 bits per heavy atom. The highest BCUT2D eigenvalue weighted by atomic mass is 16.5. The lowest BCUT2D eigenvalue weighted by atomic mass is 9.96. The molecule has 0 bridgehead atoms. The summed E-state index contributed by atoms with van der Waals surface area (Å²) in [6, 6.07) is 14.1. The van der Waals surface area contributed by atoms with Gasteiger partial charge in [-0.05, 0) is 61.2 Å². The molecule has 5 heteroatoms. The number of methoxy groups -OCH3 is 1. The van der Waals surface area contributed by atoms with E-state index in [4.69, 9.17) is 9.15 Å². The lowest BCUT2D eigenvalue weighted by molar-refractivity contribution is -0.116. The lowest BCUT2D eigenvalue weighted by Crippen LogP contribution is -2.20. The molecule has 1 amide bonds. The van der Waals surface area contributed by atoms with E-state index >= 15 is 0 Å². The summed E-state index contributed by atoms with van der Waals surface area (Å²) < 4.78 is 11.5. The number of allylic oxidation sites excluding steroid dienone is 1. The number of amides is 1. The molecule has 162 valence electrons. The quantitative estimate of drug-likeness (QED) is 0.393. The van der Waals surface area contributed by atoms with Crippen LogP contribution in [0.2, 0.25) is 0 Å². The first kappa shape index (κ1) is 21.4. The van der Waals surface area contributed by atoms with Gasteiger partial charge in [0, 0.05) is 47.6 Å². The minimum atomic E-state index is -0.164. The molecule has 2 aromatic carbocycles. The number of hydrogen-bond acceptors (Lipinski definition) is 4. The van der Waals surface area contributed by atoms with E-state index in [0.29, 0.717) is 12.3 Å². The number of nitrogens with zero attached hydrogens (tertiary/aromatic N) is 1. The van der Waals surface area contributed by atoms with Crippen molar-refractivity contribution >= 4 is 22.4 Å². The van der Waals surface area contributed by atoms with Gasteiger partial charge in [0.1, 0.15) is 11.3 Å². The van der Waals surface area contributed by atoms with Gasteiger partial charge >= 0.3 is 0 Å². The van der Waals surface area contributed by atoms with E-state index in [2.05, 4.69) is 42.3 Å². The summed E-state index contributed by atoms with van der Waals surface area (Å²) in [6.07, 6.45) is 6.80. The fourth-order valence-electron chi connectivity index (χ4n) is 3.87. The van der Waals surface area contributed by atoms with Crippen LogP contribution < -0.4 is 10.1 Å². The first-order valence-corrected chi connectivity index (χ1v) is 10.5. The number of aryl methyl sites for hydroxylation is 2. The fourth-order valence-corrected chi connectivity index (χ4v) is 3.87. The zero-order valence-corrected chi connectivity index (χ0v) is 18.7. The number of benzene rings is 2. The van der Waals surface area contributed by atoms with Gasteiger partial charge in [0.2, 0.25) is 5.91 Å². The van der Waals surface area contributed by atoms with E-state index in [1.165, 1.54) is 11.1 Å². The van der Waals surface area contributed by atoms with E-state index in [1.807, 2.05) is 31.2 Å². The molecule has 0 atom stereocenters. The van der Waals surface area contributed by atoms with Crippen molar-refractivity contribution in [2.75, 3.05) is 7.11 Å². The molecule has 5 nitrogen and oxygen atoms in total. The van der Waals surface area contributed by atoms with E-state index in [0.717, 1.165) is 38.8 Å². The molecular formula is C27H26N2O3. The Kier molecular flexibility index (Phi) is 6.08. The maximum Gasteiger partial charge on any atom is 0.244 e. The summed E-state index contributed by atoms with van der Waals surface area (Å²) >= 11 is 0. The standard InChI is InChI=1S/C27H26N2O3/c1-17-5-6-21(18(2)11-17)24-16-32-26-14-25(31-4)22(13-23(24)26)19(3)12-27(30)29-15-20-7-9-28-10-8-20/h5-14,16H,15H2,1-4H3,(H,29,30)/b19-12+. The van der Waals surface area contributed by atoms with Crippen LogP contribution in [0.1, 0.15) is 29.2 Å². The molecule has 0 aliphatic rings. The summed E-state index contributed by atoms with van der Waals surface area (Å²) in [5, 5.41) is 3.90. The molecule has 2 heterocycles. The van der Waals surface area contributed by atoms with Crippen LogP contribution in [0, 0.1) is 13.8 Å². The van der Waals surface area contributed by atoms with Gasteiger partial charge in [-0.3, -0.25) is 9.78 Å². The van der Waals surface area contributed by atoms with Gasteiger partial charge in [0.25, 0.3) is 0 Å². The van der Waals surface area contributed by atoms with Crippen molar-refractivity contribution in [3.05, 3.63) is 89.5 Å². The third kappa shape index (κ3) is 4.42. The lowest BCUT2D eigenvalue weighted by Gasteiger charge is -2.11. The van der Waals surface area contributed by atoms with Gasteiger partial charge in [-0.25, -0.2) is 0 Å². The topological polar surface area (TPSA) is 64.4 Å². The first-order chi connectivity index (χ1) is 15.5. The van der Waals surface area contributed by atoms with Gasteiger partial charge in [-0.1, -0.05) is 23.8 Å². The molecule has 0 saturated heterocycles. The molecule has 4 rings (SSSR count). The van der Waals surface area contributed by atoms with Crippen LogP contribution in [0.5, 0.6) is 5.75 Å². The van der Waals surface area contributed by atoms with Crippen LogP contribution in [0.25, 0.3) is 27.7 Å². The van der Waals surface area contributed by atoms with Crippen LogP contribution in [0.4, 0.5) is 0 Å². The minimum absolute atomic E-state index is 0.164. The zero-order chi connectivity index (χ0) is 22.7. The molecule has 2 aromatic heterocycles. The average Bonchev–Trinajstić information content (AvgIpc) is 3.20. The number of hydrogen-bond donors (Lipinski definition) is 1. The number of furan rings is 1. The van der Waals surface area contributed by atoms with Gasteiger partial charge in [-0.15, -0.1) is 0 Å². The van der Waals surface area contributed by atoms with Crippen LogP contribution in [0.3, 0.4) is 0 Å². The Bertz CT molecular complexity index is 1300. The third-order valence-corrected chi connectivity index (χ3v) is 5.56. The van der Waals surface area contributed by atoms with Crippen molar-refractivity contribution in [2.45, 2.75) is 27.3 Å². The van der Waals surface area contributed by atoms with Gasteiger partial charge in [0.05, 0.1) is 13.4 Å². The van der Waals surface area contributed by atoms with E-state index in [-0.39, 0.29) is 5.91 Å². The van der Waals surface area contributed by atoms with E-state index in [1.54, 1.807) is 31.8 Å². The molecule has 0 fully saturated rings. The van der Waals surface area contributed by atoms with Crippen LogP contribution in [-0.4, -0.2) is 18.0 Å². The predicted octanol–water partition coefficient (Wildman–Crippen LogP) is 5.84. The molecule has 0 saturated carbocycles. The summed E-state index contributed by atoms with van der Waals surface area (Å²) in [4.78, 5) is 16.5. The minimum Gasteiger partial charge on any atom is -0.496 e. The van der Waals surface area contributed by atoms with Crippen LogP contribution in [0.15, 0.2) is 71.6 Å². The molecule has 1 N–H and O–H groups in total. The van der Waals surface area contributed by atoms with Gasteiger partial charge in [-0.2, -0.15) is 0 Å². The largest absolute Gasteiger partial charge is 0.496 e. The maximum atomic E-state index is 12.5. The molecular weight excluding hydrogens is 400 g/mol. The van der Waals surface area contributed by atoms with Crippen LogP contribution in [-0.2, 0) is 11.3 Å². The summed E-state index contributed by atoms with van der Waals surface area (Å²) in [5.41, 5.74) is 7.96. The van der Waals surface area contributed by atoms with E-state index < -0.39 is 0 Å². The second-order valence-corrected chi connectivity index (χ2v) is 7.92. The van der Waals surface area contributed by atoms with Crippen molar-refractivity contribution in [2.24, 2.45) is 0 Å². The predicted molar refractivity (Wildman–Crippen MR) is 127 cm³/mol. The van der Waals surface area contributed by atoms with E-state index in [9.17, 15) is 4.79 Å². The van der Waals surface area contributed by atoms with Crippen molar-refractivity contribution in [3.63, 3.8) is 0 Å². The number of carbonyl (C=O) groups excluding carboxylic acids is 1. The number of fused-ring (bicyclic) bond motifs is 1. The monoisotopic (exact) mass is 426 g/mol. The second kappa shape index (κ2) is 9.10. The number of ether oxygens (including phenoxy) is 1.